The van der Waals surface area contributed by atoms with Crippen molar-refractivity contribution in [2.45, 2.75) is 65.1 Å². The van der Waals surface area contributed by atoms with E-state index in [-0.39, 0.29) is 57.7 Å². The second-order valence-electron chi connectivity index (χ2n) is 14.6. The molecular formula is C33H38O9. The van der Waals surface area contributed by atoms with Crippen molar-refractivity contribution in [2.75, 3.05) is 20.3 Å². The summed E-state index contributed by atoms with van der Waals surface area (Å²) in [5.41, 5.74) is 1.12. The van der Waals surface area contributed by atoms with Gasteiger partial charge in [0.15, 0.2) is 5.78 Å². The molecule has 5 saturated carbocycles. The number of carbonyl (C=O) groups excluding carboxylic acids is 4. The molecule has 0 radical (unpaired) electrons. The van der Waals surface area contributed by atoms with Gasteiger partial charge in [0.05, 0.1) is 31.8 Å². The first-order chi connectivity index (χ1) is 19.9. The number of aliphatic hydroxyl groups is 2. The predicted molar refractivity (Wildman–Crippen MR) is 145 cm³/mol. The van der Waals surface area contributed by atoms with Crippen LogP contribution in [0.4, 0.5) is 0 Å². The molecule has 1 aliphatic heterocycles. The molecule has 12 unspecified atom stereocenters. The molecule has 0 aromatic carbocycles. The monoisotopic (exact) mass is 578 g/mol. The molecule has 7 aliphatic carbocycles. The van der Waals surface area contributed by atoms with Gasteiger partial charge in [-0.25, -0.2) is 9.59 Å². The van der Waals surface area contributed by atoms with Crippen molar-refractivity contribution in [1.82, 2.24) is 0 Å². The lowest BCUT2D eigenvalue weighted by Gasteiger charge is -2.63. The molecule has 0 aromatic heterocycles. The van der Waals surface area contributed by atoms with E-state index in [1.54, 1.807) is 6.92 Å². The lowest BCUT2D eigenvalue weighted by Crippen LogP contribution is -2.66. The van der Waals surface area contributed by atoms with Crippen molar-refractivity contribution in [3.63, 3.8) is 0 Å². The molecule has 8 aliphatic rings. The number of rotatable bonds is 4. The van der Waals surface area contributed by atoms with Gasteiger partial charge in [-0.15, -0.1) is 0 Å². The maximum Gasteiger partial charge on any atom is 0.337 e. The first-order valence-corrected chi connectivity index (χ1v) is 15.3. The van der Waals surface area contributed by atoms with Gasteiger partial charge < -0.3 is 24.4 Å². The Labute approximate surface area is 244 Å². The number of aliphatic hydroxyl groups excluding tert-OH is 2. The summed E-state index contributed by atoms with van der Waals surface area (Å²) in [6, 6.07) is 0. The van der Waals surface area contributed by atoms with E-state index in [4.69, 9.17) is 14.2 Å². The maximum absolute atomic E-state index is 14.3. The molecule has 9 heteroatoms. The van der Waals surface area contributed by atoms with Crippen molar-refractivity contribution < 1.29 is 43.6 Å². The smallest absolute Gasteiger partial charge is 0.337 e. The average Bonchev–Trinajstić information content (AvgIpc) is 3.86. The standard InChI is InChI=1S/C33H38O9/c1-12(29(38)40-5)24-26-25-16(14-6-20(14)32(25,4)28(37)27(24)36)8-23-31(3)19-7-15(19)18(11-41-13(2)35)21(31)9-22-17(10-34)30(39)42-33(22,23)26/h14-15,18-21,23,26,28,34,37H,6-11H2,1-5H3. The summed E-state index contributed by atoms with van der Waals surface area (Å²) in [6.07, 6.45) is 1.78. The first-order valence-electron chi connectivity index (χ1n) is 15.3. The van der Waals surface area contributed by atoms with E-state index in [1.165, 1.54) is 19.6 Å². The fourth-order valence-electron chi connectivity index (χ4n) is 11.7. The first kappa shape index (κ1) is 26.8. The quantitative estimate of drug-likeness (QED) is 0.223. The normalized spacial score (nSPS) is 49.7. The van der Waals surface area contributed by atoms with Crippen LogP contribution in [0.5, 0.6) is 0 Å². The summed E-state index contributed by atoms with van der Waals surface area (Å²) in [5.74, 6) is -1.61. The van der Waals surface area contributed by atoms with Crippen LogP contribution in [0.1, 0.15) is 53.4 Å². The van der Waals surface area contributed by atoms with Crippen LogP contribution in [0.3, 0.4) is 0 Å². The zero-order valence-corrected chi connectivity index (χ0v) is 24.7. The van der Waals surface area contributed by atoms with Gasteiger partial charge in [0, 0.05) is 29.4 Å². The van der Waals surface area contributed by atoms with Crippen LogP contribution in [0.15, 0.2) is 33.4 Å². The fraction of sp³-hybridized carbons (Fsp3) is 0.697. The Balaban J connectivity index is 1.40. The molecule has 224 valence electrons. The molecule has 0 bridgehead atoms. The van der Waals surface area contributed by atoms with Crippen LogP contribution in [-0.2, 0) is 33.4 Å². The minimum Gasteiger partial charge on any atom is -0.466 e. The van der Waals surface area contributed by atoms with Crippen molar-refractivity contribution in [2.24, 2.45) is 58.2 Å². The van der Waals surface area contributed by atoms with Gasteiger partial charge in [0.1, 0.15) is 11.7 Å². The number of ketones is 1. The SMILES string of the molecule is COC(=O)C(C)=C1C(=O)C(O)C2(C)C3=C(CC4C5(OC(=O)C(CO)=C5CC5C(COC(C)=O)C6CC6C54C)C13)C1CC12. The summed E-state index contributed by atoms with van der Waals surface area (Å²) < 4.78 is 17.3. The molecule has 9 nitrogen and oxygen atoms in total. The number of hydrogen-bond donors (Lipinski definition) is 2. The number of methoxy groups -OCH3 is 1. The minimum atomic E-state index is -1.31. The molecule has 42 heavy (non-hydrogen) atoms. The second-order valence-corrected chi connectivity index (χ2v) is 14.6. The zero-order chi connectivity index (χ0) is 29.8. The third-order valence-electron chi connectivity index (χ3n) is 13.5. The number of carbonyl (C=O) groups is 4. The number of fused-ring (bicyclic) bond motifs is 7. The van der Waals surface area contributed by atoms with Gasteiger partial charge >= 0.3 is 17.9 Å². The Morgan fingerprint density at radius 1 is 1.07 bits per heavy atom. The van der Waals surface area contributed by atoms with E-state index in [0.29, 0.717) is 31.3 Å². The molecule has 2 N–H and O–H groups in total. The highest BCUT2D eigenvalue weighted by Crippen LogP contribution is 2.82. The number of Topliss-reactive ketones (excluding diaryl/α,β-unsaturated/α-hetero) is 1. The molecule has 0 amide bonds. The van der Waals surface area contributed by atoms with Crippen LogP contribution in [0.2, 0.25) is 0 Å². The molecule has 0 aromatic rings. The third-order valence-corrected chi connectivity index (χ3v) is 13.5. The molecule has 5 fully saturated rings. The van der Waals surface area contributed by atoms with E-state index >= 15 is 0 Å². The summed E-state index contributed by atoms with van der Waals surface area (Å²) in [6.45, 7) is 7.09. The predicted octanol–water partition coefficient (Wildman–Crippen LogP) is 2.45. The Hall–Kier alpha value is -2.78. The highest BCUT2D eigenvalue weighted by Gasteiger charge is 2.81. The van der Waals surface area contributed by atoms with Crippen molar-refractivity contribution in [3.05, 3.63) is 33.4 Å². The van der Waals surface area contributed by atoms with Crippen molar-refractivity contribution in [3.8, 4) is 0 Å². The molecule has 1 heterocycles. The zero-order valence-electron chi connectivity index (χ0n) is 24.7. The average molecular weight is 579 g/mol. The summed E-state index contributed by atoms with van der Waals surface area (Å²) in [5, 5.41) is 22.2. The number of allylic oxidation sites excluding steroid dienone is 1. The fourth-order valence-corrected chi connectivity index (χ4v) is 11.7. The molecule has 0 saturated heterocycles. The Kier molecular flexibility index (Phi) is 5.13. The van der Waals surface area contributed by atoms with Gasteiger partial charge in [0.2, 0.25) is 0 Å². The van der Waals surface area contributed by atoms with Crippen LogP contribution < -0.4 is 0 Å². The van der Waals surface area contributed by atoms with Crippen LogP contribution in [0.25, 0.3) is 0 Å². The number of hydrogen-bond acceptors (Lipinski definition) is 9. The third kappa shape index (κ3) is 2.75. The molecular weight excluding hydrogens is 540 g/mol. The Morgan fingerprint density at radius 3 is 2.48 bits per heavy atom. The van der Waals surface area contributed by atoms with Gasteiger partial charge in [-0.1, -0.05) is 19.4 Å². The van der Waals surface area contributed by atoms with E-state index < -0.39 is 47.4 Å². The Morgan fingerprint density at radius 2 is 1.81 bits per heavy atom. The maximum atomic E-state index is 14.3. The highest BCUT2D eigenvalue weighted by atomic mass is 16.6. The van der Waals surface area contributed by atoms with Gasteiger partial charge in [0.25, 0.3) is 0 Å². The summed E-state index contributed by atoms with van der Waals surface area (Å²) >= 11 is 0. The van der Waals surface area contributed by atoms with E-state index in [2.05, 4.69) is 6.92 Å². The van der Waals surface area contributed by atoms with Crippen molar-refractivity contribution in [1.29, 1.82) is 0 Å². The van der Waals surface area contributed by atoms with E-state index in [9.17, 15) is 29.4 Å². The topological polar surface area (TPSA) is 136 Å². The minimum absolute atomic E-state index is 0.105. The van der Waals surface area contributed by atoms with Gasteiger partial charge in [-0.05, 0) is 84.7 Å². The Bertz CT molecular complexity index is 1500. The van der Waals surface area contributed by atoms with Crippen LogP contribution in [-0.4, -0.2) is 65.9 Å². The lowest BCUT2D eigenvalue weighted by molar-refractivity contribution is -0.179. The van der Waals surface area contributed by atoms with E-state index in [1.807, 2.05) is 6.92 Å². The second kappa shape index (κ2) is 8.03. The largest absolute Gasteiger partial charge is 0.466 e. The van der Waals surface area contributed by atoms with Crippen LogP contribution in [0, 0.1) is 58.2 Å². The van der Waals surface area contributed by atoms with E-state index in [0.717, 1.165) is 24.0 Å². The highest BCUT2D eigenvalue weighted by molar-refractivity contribution is 6.09. The number of esters is 3. The van der Waals surface area contributed by atoms with Crippen molar-refractivity contribution >= 4 is 23.7 Å². The number of ether oxygens (including phenoxy) is 3. The summed E-state index contributed by atoms with van der Waals surface area (Å²) in [7, 11) is 1.27. The van der Waals surface area contributed by atoms with Crippen LogP contribution >= 0.6 is 0 Å². The molecule has 12 atom stereocenters. The summed E-state index contributed by atoms with van der Waals surface area (Å²) in [4.78, 5) is 52.8. The molecule has 1 spiro atoms. The lowest BCUT2D eigenvalue weighted by atomic mass is 9.42. The van der Waals surface area contributed by atoms with Gasteiger partial charge in [-0.2, -0.15) is 0 Å². The molecule has 8 rings (SSSR count). The van der Waals surface area contributed by atoms with Gasteiger partial charge in [-0.3, -0.25) is 9.59 Å².